The maximum atomic E-state index is 12.4. The van der Waals surface area contributed by atoms with Crippen LogP contribution in [0.4, 0.5) is 4.79 Å². The molecule has 1 atom stereocenters. The molecule has 1 aliphatic carbocycles. The number of hydrogen-bond donors (Lipinski definition) is 2. The van der Waals surface area contributed by atoms with Gasteiger partial charge in [-0.2, -0.15) is 0 Å². The van der Waals surface area contributed by atoms with Crippen molar-refractivity contribution in [1.82, 2.24) is 20.2 Å². The lowest BCUT2D eigenvalue weighted by Gasteiger charge is -2.24. The zero-order chi connectivity index (χ0) is 16.9. The maximum Gasteiger partial charge on any atom is 0.318 e. The minimum absolute atomic E-state index is 0.00779. The third-order valence-corrected chi connectivity index (χ3v) is 4.23. The van der Waals surface area contributed by atoms with Gasteiger partial charge in [0.15, 0.2) is 0 Å². The van der Waals surface area contributed by atoms with E-state index in [1.54, 1.807) is 17.3 Å². The molecule has 24 heavy (non-hydrogen) atoms. The molecule has 2 aromatic rings. The van der Waals surface area contributed by atoms with Gasteiger partial charge >= 0.3 is 6.03 Å². The number of aliphatic hydroxyl groups excluding tert-OH is 1. The molecule has 1 unspecified atom stereocenters. The molecular weight excluding hydrogens is 304 g/mol. The van der Waals surface area contributed by atoms with Crippen LogP contribution >= 0.6 is 0 Å². The number of aliphatic hydroxyl groups is 1. The first-order chi connectivity index (χ1) is 11.7. The molecule has 1 heterocycles. The molecule has 2 amide bonds. The van der Waals surface area contributed by atoms with Crippen molar-refractivity contribution in [2.45, 2.75) is 31.8 Å². The van der Waals surface area contributed by atoms with Crippen molar-refractivity contribution in [3.63, 3.8) is 0 Å². The van der Waals surface area contributed by atoms with Gasteiger partial charge in [-0.05, 0) is 30.9 Å². The Morgan fingerprint density at radius 3 is 2.50 bits per heavy atom. The summed E-state index contributed by atoms with van der Waals surface area (Å²) < 4.78 is 0. The van der Waals surface area contributed by atoms with Crippen molar-refractivity contribution < 1.29 is 9.90 Å². The normalized spacial score (nSPS) is 14.9. The molecule has 0 aliphatic heterocycles. The fraction of sp³-hybridized carbons (Fsp3) is 0.389. The predicted molar refractivity (Wildman–Crippen MR) is 91.2 cm³/mol. The highest BCUT2D eigenvalue weighted by molar-refractivity contribution is 5.75. The minimum Gasteiger partial charge on any atom is -0.395 e. The number of hydrogen-bond acceptors (Lipinski definition) is 4. The minimum atomic E-state index is -0.111. The van der Waals surface area contributed by atoms with Crippen LogP contribution in [-0.4, -0.2) is 45.2 Å². The van der Waals surface area contributed by atoms with Crippen LogP contribution in [0.2, 0.25) is 0 Å². The number of carbonyl (C=O) groups is 1. The third kappa shape index (κ3) is 3.89. The maximum absolute atomic E-state index is 12.4. The Kier molecular flexibility index (Phi) is 5.05. The second-order valence-corrected chi connectivity index (χ2v) is 6.07. The lowest BCUT2D eigenvalue weighted by Crippen LogP contribution is -2.43. The molecule has 0 spiro atoms. The number of nitrogens with zero attached hydrogens (tertiary/aromatic N) is 3. The van der Waals surface area contributed by atoms with E-state index in [0.717, 1.165) is 29.5 Å². The predicted octanol–water partition coefficient (Wildman–Crippen LogP) is 2.37. The monoisotopic (exact) mass is 326 g/mol. The summed E-state index contributed by atoms with van der Waals surface area (Å²) in [5.41, 5.74) is 3.03. The summed E-state index contributed by atoms with van der Waals surface area (Å²) in [5, 5.41) is 12.1. The van der Waals surface area contributed by atoms with Crippen LogP contribution in [-0.2, 0) is 0 Å². The van der Waals surface area contributed by atoms with Crippen molar-refractivity contribution in [2.24, 2.45) is 0 Å². The highest BCUT2D eigenvalue weighted by atomic mass is 16.3. The molecule has 1 aromatic carbocycles. The van der Waals surface area contributed by atoms with Crippen molar-refractivity contribution >= 4 is 6.03 Å². The van der Waals surface area contributed by atoms with Crippen molar-refractivity contribution in [3.8, 4) is 11.1 Å². The summed E-state index contributed by atoms with van der Waals surface area (Å²) in [5.74, 6) is 0. The molecule has 2 N–H and O–H groups in total. The van der Waals surface area contributed by atoms with Crippen LogP contribution in [0, 0.1) is 0 Å². The number of nitrogens with one attached hydrogen (secondary N) is 1. The highest BCUT2D eigenvalue weighted by Gasteiger charge is 2.32. The van der Waals surface area contributed by atoms with Crippen LogP contribution < -0.4 is 5.32 Å². The van der Waals surface area contributed by atoms with Gasteiger partial charge in [-0.15, -0.1) is 0 Å². The zero-order valence-corrected chi connectivity index (χ0v) is 13.7. The van der Waals surface area contributed by atoms with Gasteiger partial charge in [0.05, 0.1) is 12.6 Å². The largest absolute Gasteiger partial charge is 0.395 e. The van der Waals surface area contributed by atoms with E-state index >= 15 is 0 Å². The zero-order valence-electron chi connectivity index (χ0n) is 13.7. The molecule has 126 valence electrons. The van der Waals surface area contributed by atoms with Gasteiger partial charge < -0.3 is 15.3 Å². The quantitative estimate of drug-likeness (QED) is 0.854. The number of aromatic nitrogens is 2. The molecule has 1 aliphatic rings. The molecule has 6 nitrogen and oxygen atoms in total. The van der Waals surface area contributed by atoms with Gasteiger partial charge in [0, 0.05) is 30.5 Å². The van der Waals surface area contributed by atoms with Crippen LogP contribution in [0.1, 0.15) is 31.4 Å². The van der Waals surface area contributed by atoms with E-state index in [0.29, 0.717) is 6.54 Å². The number of carbonyl (C=O) groups excluding carboxylic acids is 1. The smallest absolute Gasteiger partial charge is 0.318 e. The van der Waals surface area contributed by atoms with Crippen LogP contribution in [0.5, 0.6) is 0 Å². The van der Waals surface area contributed by atoms with Gasteiger partial charge in [0.2, 0.25) is 0 Å². The second kappa shape index (κ2) is 7.40. The number of rotatable bonds is 6. The standard InChI is InChI=1S/C18H22N4O2/c1-13(21-18(24)22(8-9-23)17-6-7-17)14-2-4-15(5-3-14)16-10-19-12-20-11-16/h2-5,10-13,17,23H,6-9H2,1H3,(H,21,24). The topological polar surface area (TPSA) is 78.4 Å². The van der Waals surface area contributed by atoms with E-state index in [1.807, 2.05) is 31.2 Å². The Labute approximate surface area is 141 Å². The summed E-state index contributed by atoms with van der Waals surface area (Å²) in [6.07, 6.45) is 7.10. The molecule has 1 aromatic heterocycles. The van der Waals surface area contributed by atoms with Crippen LogP contribution in [0.15, 0.2) is 43.0 Å². The van der Waals surface area contributed by atoms with Crippen molar-refractivity contribution in [1.29, 1.82) is 0 Å². The van der Waals surface area contributed by atoms with Gasteiger partial charge in [-0.1, -0.05) is 24.3 Å². The van der Waals surface area contributed by atoms with Gasteiger partial charge in [0.1, 0.15) is 6.33 Å². The Bertz CT molecular complexity index is 671. The van der Waals surface area contributed by atoms with E-state index in [4.69, 9.17) is 5.11 Å². The molecule has 0 bridgehead atoms. The van der Waals surface area contributed by atoms with Crippen molar-refractivity contribution in [2.75, 3.05) is 13.2 Å². The Balaban J connectivity index is 1.64. The third-order valence-electron chi connectivity index (χ3n) is 4.23. The molecule has 3 rings (SSSR count). The number of benzene rings is 1. The molecular formula is C18H22N4O2. The Morgan fingerprint density at radius 1 is 1.25 bits per heavy atom. The summed E-state index contributed by atoms with van der Waals surface area (Å²) in [6, 6.07) is 8.08. The first kappa shape index (κ1) is 16.4. The molecule has 0 saturated heterocycles. The van der Waals surface area contributed by atoms with Crippen LogP contribution in [0.25, 0.3) is 11.1 Å². The lowest BCUT2D eigenvalue weighted by atomic mass is 10.0. The summed E-state index contributed by atoms with van der Waals surface area (Å²) >= 11 is 0. The average molecular weight is 326 g/mol. The van der Waals surface area contributed by atoms with Crippen LogP contribution in [0.3, 0.4) is 0 Å². The first-order valence-electron chi connectivity index (χ1n) is 8.22. The molecule has 1 saturated carbocycles. The fourth-order valence-electron chi connectivity index (χ4n) is 2.71. The van der Waals surface area contributed by atoms with E-state index in [2.05, 4.69) is 15.3 Å². The SMILES string of the molecule is CC(NC(=O)N(CCO)C1CC1)c1ccc(-c2cncnc2)cc1. The van der Waals surface area contributed by atoms with Gasteiger partial charge in [-0.25, -0.2) is 14.8 Å². The lowest BCUT2D eigenvalue weighted by molar-refractivity contribution is 0.171. The molecule has 0 radical (unpaired) electrons. The Hall–Kier alpha value is -2.47. The van der Waals surface area contributed by atoms with Gasteiger partial charge in [-0.3, -0.25) is 0 Å². The Morgan fingerprint density at radius 2 is 1.92 bits per heavy atom. The second-order valence-electron chi connectivity index (χ2n) is 6.07. The molecule has 1 fully saturated rings. The number of urea groups is 1. The average Bonchev–Trinajstić information content (AvgIpc) is 3.45. The highest BCUT2D eigenvalue weighted by Crippen LogP contribution is 2.27. The van der Waals surface area contributed by atoms with E-state index < -0.39 is 0 Å². The molecule has 6 heteroatoms. The summed E-state index contributed by atoms with van der Waals surface area (Å²) in [6.45, 7) is 2.34. The van der Waals surface area contributed by atoms with E-state index in [-0.39, 0.29) is 24.7 Å². The van der Waals surface area contributed by atoms with E-state index in [1.165, 1.54) is 6.33 Å². The number of amides is 2. The summed E-state index contributed by atoms with van der Waals surface area (Å²) in [4.78, 5) is 22.1. The van der Waals surface area contributed by atoms with Crippen molar-refractivity contribution in [3.05, 3.63) is 48.5 Å². The van der Waals surface area contributed by atoms with E-state index in [9.17, 15) is 4.79 Å². The fourth-order valence-corrected chi connectivity index (χ4v) is 2.71. The first-order valence-corrected chi connectivity index (χ1v) is 8.22. The summed E-state index contributed by atoms with van der Waals surface area (Å²) in [7, 11) is 0. The van der Waals surface area contributed by atoms with Gasteiger partial charge in [0.25, 0.3) is 0 Å².